The maximum atomic E-state index is 10.7. The number of unbranched alkanes of at least 4 members (excludes halogenated alkanes) is 1. The molecule has 0 radical (unpaired) electrons. The Morgan fingerprint density at radius 1 is 1.50 bits per heavy atom. The smallest absolute Gasteiger partial charge is 0.221 e. The van der Waals surface area contributed by atoms with Crippen LogP contribution in [-0.2, 0) is 4.79 Å². The summed E-state index contributed by atoms with van der Waals surface area (Å²) in [6.07, 6.45) is 1.93. The maximum absolute atomic E-state index is 10.7. The fourth-order valence-corrected chi connectivity index (χ4v) is 0.744. The van der Waals surface area contributed by atoms with Crippen LogP contribution in [0.3, 0.4) is 0 Å². The van der Waals surface area contributed by atoms with Crippen molar-refractivity contribution in [1.82, 2.24) is 10.6 Å². The third kappa shape index (κ3) is 7.03. The summed E-state index contributed by atoms with van der Waals surface area (Å²) < 4.78 is 0. The lowest BCUT2D eigenvalue weighted by Gasteiger charge is -2.01. The molecule has 12 heavy (non-hydrogen) atoms. The summed E-state index contributed by atoms with van der Waals surface area (Å²) in [6, 6.07) is 2.06. The molecule has 0 aromatic rings. The molecule has 0 heterocycles. The van der Waals surface area contributed by atoms with E-state index in [1.165, 1.54) is 0 Å². The number of carbonyl (C=O) groups is 1. The molecule has 0 saturated carbocycles. The Balaban J connectivity index is 3.01. The molecule has 0 aromatic heterocycles. The number of carbonyl (C=O) groups excluding carboxylic acids is 1. The summed E-state index contributed by atoms with van der Waals surface area (Å²) in [6.45, 7) is 1.50. The summed E-state index contributed by atoms with van der Waals surface area (Å²) in [4.78, 5) is 10.7. The van der Waals surface area contributed by atoms with Gasteiger partial charge in [0.05, 0.1) is 6.07 Å². The monoisotopic (exact) mass is 169 g/mol. The van der Waals surface area contributed by atoms with Gasteiger partial charge in [0.15, 0.2) is 0 Å². The van der Waals surface area contributed by atoms with Crippen LogP contribution in [0.5, 0.6) is 0 Å². The molecule has 0 spiro atoms. The van der Waals surface area contributed by atoms with Gasteiger partial charge in [-0.3, -0.25) is 4.79 Å². The predicted octanol–water partition coefficient (Wildman–Crippen LogP) is 0.0159. The summed E-state index contributed by atoms with van der Waals surface area (Å²) in [7, 11) is 1.62. The molecule has 2 N–H and O–H groups in total. The van der Waals surface area contributed by atoms with Gasteiger partial charge in [-0.25, -0.2) is 0 Å². The molecule has 0 atom stereocenters. The Hall–Kier alpha value is -1.08. The predicted molar refractivity (Wildman–Crippen MR) is 46.4 cm³/mol. The van der Waals surface area contributed by atoms with Gasteiger partial charge in [-0.2, -0.15) is 5.26 Å². The fourth-order valence-electron chi connectivity index (χ4n) is 0.744. The average molecular weight is 169 g/mol. The molecular weight excluding hydrogens is 154 g/mol. The largest absolute Gasteiger partial charge is 0.359 e. The molecule has 0 unspecified atom stereocenters. The van der Waals surface area contributed by atoms with E-state index in [4.69, 9.17) is 5.26 Å². The molecule has 0 aliphatic carbocycles. The summed E-state index contributed by atoms with van der Waals surface area (Å²) >= 11 is 0. The minimum atomic E-state index is 0.0442. The lowest BCUT2D eigenvalue weighted by molar-refractivity contribution is -0.120. The van der Waals surface area contributed by atoms with Crippen molar-refractivity contribution in [3.8, 4) is 6.07 Å². The number of nitrogens with zero attached hydrogens (tertiary/aromatic N) is 1. The zero-order valence-corrected chi connectivity index (χ0v) is 7.39. The van der Waals surface area contributed by atoms with E-state index in [0.29, 0.717) is 19.4 Å². The lowest BCUT2D eigenvalue weighted by atomic mass is 10.3. The first-order valence-electron chi connectivity index (χ1n) is 4.09. The topological polar surface area (TPSA) is 64.9 Å². The highest BCUT2D eigenvalue weighted by atomic mass is 16.1. The van der Waals surface area contributed by atoms with Gasteiger partial charge in [-0.15, -0.1) is 0 Å². The molecule has 1 amide bonds. The van der Waals surface area contributed by atoms with E-state index < -0.39 is 0 Å². The minimum Gasteiger partial charge on any atom is -0.359 e. The van der Waals surface area contributed by atoms with Gasteiger partial charge in [-0.05, 0) is 13.0 Å². The van der Waals surface area contributed by atoms with E-state index in [9.17, 15) is 4.79 Å². The minimum absolute atomic E-state index is 0.0442. The highest BCUT2D eigenvalue weighted by Gasteiger charge is 1.95. The first kappa shape index (κ1) is 10.9. The molecule has 4 nitrogen and oxygen atoms in total. The summed E-state index contributed by atoms with van der Waals surface area (Å²) in [5, 5.41) is 13.8. The van der Waals surface area contributed by atoms with Crippen LogP contribution >= 0.6 is 0 Å². The molecule has 0 aliphatic heterocycles. The molecule has 0 saturated heterocycles. The van der Waals surface area contributed by atoms with Crippen LogP contribution in [0.25, 0.3) is 0 Å². The molecule has 0 aromatic carbocycles. The van der Waals surface area contributed by atoms with Crippen LogP contribution in [0.2, 0.25) is 0 Å². The number of hydrogen-bond donors (Lipinski definition) is 2. The van der Waals surface area contributed by atoms with E-state index in [2.05, 4.69) is 16.7 Å². The first-order valence-corrected chi connectivity index (χ1v) is 4.09. The van der Waals surface area contributed by atoms with Crippen LogP contribution < -0.4 is 10.6 Å². The zero-order valence-electron chi connectivity index (χ0n) is 7.39. The van der Waals surface area contributed by atoms with Crippen molar-refractivity contribution in [2.45, 2.75) is 19.3 Å². The van der Waals surface area contributed by atoms with E-state index in [1.807, 2.05) is 0 Å². The lowest BCUT2D eigenvalue weighted by Crippen LogP contribution is -2.25. The number of nitrogens with one attached hydrogen (secondary N) is 2. The average Bonchev–Trinajstić information content (AvgIpc) is 2.10. The van der Waals surface area contributed by atoms with E-state index in [-0.39, 0.29) is 5.91 Å². The third-order valence-electron chi connectivity index (χ3n) is 1.45. The molecule has 68 valence electrons. The SMILES string of the molecule is CNC(=O)CCNCCCC#N. The number of amides is 1. The fraction of sp³-hybridized carbons (Fsp3) is 0.750. The highest BCUT2D eigenvalue weighted by Crippen LogP contribution is 1.83. The Morgan fingerprint density at radius 2 is 2.25 bits per heavy atom. The zero-order chi connectivity index (χ0) is 9.23. The molecule has 0 bridgehead atoms. The van der Waals surface area contributed by atoms with Crippen molar-refractivity contribution in [1.29, 1.82) is 5.26 Å². The van der Waals surface area contributed by atoms with Gasteiger partial charge in [0.2, 0.25) is 5.91 Å². The van der Waals surface area contributed by atoms with Crippen molar-refractivity contribution in [3.63, 3.8) is 0 Å². The molecule has 0 rings (SSSR count). The Morgan fingerprint density at radius 3 is 2.83 bits per heavy atom. The second-order valence-electron chi connectivity index (χ2n) is 2.43. The molecule has 0 fully saturated rings. The van der Waals surface area contributed by atoms with Gasteiger partial charge in [0.1, 0.15) is 0 Å². The summed E-state index contributed by atoms with van der Waals surface area (Å²) in [5.74, 6) is 0.0442. The molecule has 0 aliphatic rings. The van der Waals surface area contributed by atoms with Gasteiger partial charge in [0.25, 0.3) is 0 Å². The molecule has 4 heteroatoms. The Bertz CT molecular complexity index is 162. The normalized spacial score (nSPS) is 9.00. The number of hydrogen-bond acceptors (Lipinski definition) is 3. The third-order valence-corrected chi connectivity index (χ3v) is 1.45. The van der Waals surface area contributed by atoms with Crippen molar-refractivity contribution in [2.24, 2.45) is 0 Å². The number of rotatable bonds is 6. The summed E-state index contributed by atoms with van der Waals surface area (Å²) in [5.41, 5.74) is 0. The van der Waals surface area contributed by atoms with Gasteiger partial charge in [0, 0.05) is 26.4 Å². The van der Waals surface area contributed by atoms with Gasteiger partial charge in [-0.1, -0.05) is 0 Å². The van der Waals surface area contributed by atoms with E-state index >= 15 is 0 Å². The Labute approximate surface area is 72.9 Å². The highest BCUT2D eigenvalue weighted by molar-refractivity contribution is 5.75. The second-order valence-corrected chi connectivity index (χ2v) is 2.43. The van der Waals surface area contributed by atoms with Gasteiger partial charge < -0.3 is 10.6 Å². The van der Waals surface area contributed by atoms with Crippen molar-refractivity contribution in [2.75, 3.05) is 20.1 Å². The Kier molecular flexibility index (Phi) is 7.30. The number of nitriles is 1. The van der Waals surface area contributed by atoms with Crippen LogP contribution in [0.4, 0.5) is 0 Å². The van der Waals surface area contributed by atoms with Gasteiger partial charge >= 0.3 is 0 Å². The van der Waals surface area contributed by atoms with Crippen molar-refractivity contribution >= 4 is 5.91 Å². The van der Waals surface area contributed by atoms with Crippen LogP contribution in [0.1, 0.15) is 19.3 Å². The van der Waals surface area contributed by atoms with Crippen LogP contribution in [0, 0.1) is 11.3 Å². The molecular formula is C8H15N3O. The standard InChI is InChI=1S/C8H15N3O/c1-10-8(12)4-7-11-6-3-2-5-9/h11H,2-4,6-7H2,1H3,(H,10,12). The quantitative estimate of drug-likeness (QED) is 0.551. The van der Waals surface area contributed by atoms with Crippen molar-refractivity contribution < 1.29 is 4.79 Å². The van der Waals surface area contributed by atoms with E-state index in [0.717, 1.165) is 13.0 Å². The first-order chi connectivity index (χ1) is 5.81. The van der Waals surface area contributed by atoms with Crippen LogP contribution in [-0.4, -0.2) is 26.0 Å². The maximum Gasteiger partial charge on any atom is 0.221 e. The second kappa shape index (κ2) is 8.02. The van der Waals surface area contributed by atoms with E-state index in [1.54, 1.807) is 7.05 Å². The van der Waals surface area contributed by atoms with Crippen molar-refractivity contribution in [3.05, 3.63) is 0 Å². The van der Waals surface area contributed by atoms with Crippen LogP contribution in [0.15, 0.2) is 0 Å².